The Hall–Kier alpha value is -1.36. The molecular weight excluding hydrogens is 220 g/mol. The Labute approximate surface area is 98.9 Å². The summed E-state index contributed by atoms with van der Waals surface area (Å²) in [6, 6.07) is 5.91. The van der Waals surface area contributed by atoms with Gasteiger partial charge in [0.15, 0.2) is 0 Å². The van der Waals surface area contributed by atoms with E-state index >= 15 is 0 Å². The second kappa shape index (κ2) is 5.65. The van der Waals surface area contributed by atoms with Crippen LogP contribution in [-0.2, 0) is 12.2 Å². The van der Waals surface area contributed by atoms with Crippen molar-refractivity contribution in [1.29, 1.82) is 0 Å². The second-order valence-electron chi connectivity index (χ2n) is 3.42. The molecule has 0 radical (unpaired) electrons. The first kappa shape index (κ1) is 11.1. The number of H-pyrrole nitrogens is 1. The molecule has 0 aliphatic heterocycles. The highest BCUT2D eigenvalue weighted by Gasteiger charge is 2.03. The SMILES string of the molecule is CCCc1nc(SCc2ccccn2)n[nH]1. The molecule has 4 nitrogen and oxygen atoms in total. The molecule has 2 aromatic heterocycles. The number of hydrogen-bond acceptors (Lipinski definition) is 4. The van der Waals surface area contributed by atoms with Gasteiger partial charge in [0.05, 0.1) is 5.69 Å². The first-order chi connectivity index (χ1) is 7.88. The molecular formula is C11H14N4S. The molecule has 0 saturated carbocycles. The van der Waals surface area contributed by atoms with Gasteiger partial charge in [0.25, 0.3) is 0 Å². The minimum absolute atomic E-state index is 0.800. The summed E-state index contributed by atoms with van der Waals surface area (Å²) in [5, 5.41) is 7.89. The fourth-order valence-corrected chi connectivity index (χ4v) is 2.05. The van der Waals surface area contributed by atoms with Crippen molar-refractivity contribution in [3.05, 3.63) is 35.9 Å². The van der Waals surface area contributed by atoms with Crippen LogP contribution in [-0.4, -0.2) is 20.2 Å². The van der Waals surface area contributed by atoms with Crippen molar-refractivity contribution in [1.82, 2.24) is 20.2 Å². The van der Waals surface area contributed by atoms with Gasteiger partial charge in [-0.05, 0) is 18.6 Å². The Morgan fingerprint density at radius 3 is 3.06 bits per heavy atom. The number of thioether (sulfide) groups is 1. The highest BCUT2D eigenvalue weighted by Crippen LogP contribution is 2.17. The van der Waals surface area contributed by atoms with E-state index in [4.69, 9.17) is 0 Å². The maximum atomic E-state index is 4.38. The number of aromatic amines is 1. The highest BCUT2D eigenvalue weighted by molar-refractivity contribution is 7.98. The molecule has 2 aromatic rings. The summed E-state index contributed by atoms with van der Waals surface area (Å²) in [5.41, 5.74) is 1.05. The molecule has 0 fully saturated rings. The molecule has 0 saturated heterocycles. The van der Waals surface area contributed by atoms with Crippen LogP contribution in [0.1, 0.15) is 24.9 Å². The second-order valence-corrected chi connectivity index (χ2v) is 4.37. The first-order valence-electron chi connectivity index (χ1n) is 5.32. The summed E-state index contributed by atoms with van der Waals surface area (Å²) in [4.78, 5) is 8.63. The Morgan fingerprint density at radius 2 is 2.31 bits per heavy atom. The Kier molecular flexibility index (Phi) is 3.93. The molecule has 0 aliphatic carbocycles. The van der Waals surface area contributed by atoms with E-state index in [0.717, 1.165) is 35.3 Å². The summed E-state index contributed by atoms with van der Waals surface area (Å²) in [6.07, 6.45) is 3.84. The highest BCUT2D eigenvalue weighted by atomic mass is 32.2. The molecule has 16 heavy (non-hydrogen) atoms. The van der Waals surface area contributed by atoms with E-state index in [9.17, 15) is 0 Å². The molecule has 0 aliphatic rings. The summed E-state index contributed by atoms with van der Waals surface area (Å²) < 4.78 is 0. The lowest BCUT2D eigenvalue weighted by Gasteiger charge is -1.95. The van der Waals surface area contributed by atoms with Gasteiger partial charge in [-0.3, -0.25) is 10.1 Å². The average Bonchev–Trinajstić information content (AvgIpc) is 2.76. The van der Waals surface area contributed by atoms with E-state index in [1.165, 1.54) is 0 Å². The topological polar surface area (TPSA) is 54.5 Å². The number of aromatic nitrogens is 4. The van der Waals surface area contributed by atoms with E-state index in [-0.39, 0.29) is 0 Å². The minimum atomic E-state index is 0.800. The number of nitrogens with zero attached hydrogens (tertiary/aromatic N) is 3. The van der Waals surface area contributed by atoms with E-state index in [1.807, 2.05) is 18.2 Å². The number of aryl methyl sites for hydroxylation is 1. The van der Waals surface area contributed by atoms with Crippen LogP contribution in [0.25, 0.3) is 0 Å². The molecule has 0 unspecified atom stereocenters. The molecule has 0 atom stereocenters. The van der Waals surface area contributed by atoms with E-state index in [2.05, 4.69) is 27.1 Å². The Morgan fingerprint density at radius 1 is 1.38 bits per heavy atom. The number of pyridine rings is 1. The third kappa shape index (κ3) is 3.06. The fourth-order valence-electron chi connectivity index (χ4n) is 1.31. The van der Waals surface area contributed by atoms with Crippen molar-refractivity contribution in [2.45, 2.75) is 30.7 Å². The van der Waals surface area contributed by atoms with Gasteiger partial charge >= 0.3 is 0 Å². The molecule has 0 bridgehead atoms. The van der Waals surface area contributed by atoms with Crippen LogP contribution in [0.3, 0.4) is 0 Å². The predicted octanol–water partition coefficient (Wildman–Crippen LogP) is 2.44. The van der Waals surface area contributed by atoms with Crippen LogP contribution in [0.4, 0.5) is 0 Å². The zero-order valence-electron chi connectivity index (χ0n) is 9.18. The van der Waals surface area contributed by atoms with E-state index < -0.39 is 0 Å². The van der Waals surface area contributed by atoms with Crippen LogP contribution in [0.2, 0.25) is 0 Å². The third-order valence-corrected chi connectivity index (χ3v) is 2.95. The third-order valence-electron chi connectivity index (χ3n) is 2.07. The van der Waals surface area contributed by atoms with Crippen molar-refractivity contribution in [3.8, 4) is 0 Å². The fraction of sp³-hybridized carbons (Fsp3) is 0.364. The molecule has 0 aromatic carbocycles. The summed E-state index contributed by atoms with van der Waals surface area (Å²) in [6.45, 7) is 2.13. The van der Waals surface area contributed by atoms with Gasteiger partial charge in [-0.25, -0.2) is 4.98 Å². The zero-order valence-corrected chi connectivity index (χ0v) is 10.00. The quantitative estimate of drug-likeness (QED) is 0.807. The van der Waals surface area contributed by atoms with Crippen LogP contribution < -0.4 is 0 Å². The summed E-state index contributed by atoms with van der Waals surface area (Å²) in [5.74, 6) is 1.77. The molecule has 0 spiro atoms. The molecule has 5 heteroatoms. The molecule has 0 amide bonds. The van der Waals surface area contributed by atoms with Crippen LogP contribution in [0.15, 0.2) is 29.6 Å². The maximum absolute atomic E-state index is 4.38. The van der Waals surface area contributed by atoms with Crippen molar-refractivity contribution in [2.75, 3.05) is 0 Å². The van der Waals surface area contributed by atoms with Gasteiger partial charge in [0.1, 0.15) is 5.82 Å². The van der Waals surface area contributed by atoms with Gasteiger partial charge in [-0.2, -0.15) is 0 Å². The Bertz CT molecular complexity index is 427. The smallest absolute Gasteiger partial charge is 0.208 e. The number of nitrogens with one attached hydrogen (secondary N) is 1. The normalized spacial score (nSPS) is 10.6. The van der Waals surface area contributed by atoms with Crippen molar-refractivity contribution in [3.63, 3.8) is 0 Å². The standard InChI is InChI=1S/C11H14N4S/c1-2-5-10-13-11(15-14-10)16-8-9-6-3-4-7-12-9/h3-4,6-7H,2,5,8H2,1H3,(H,13,14,15). The van der Waals surface area contributed by atoms with Gasteiger partial charge in [-0.1, -0.05) is 24.8 Å². The first-order valence-corrected chi connectivity index (χ1v) is 6.31. The van der Waals surface area contributed by atoms with Crippen molar-refractivity contribution in [2.24, 2.45) is 0 Å². The van der Waals surface area contributed by atoms with Crippen LogP contribution >= 0.6 is 11.8 Å². The van der Waals surface area contributed by atoms with E-state index in [1.54, 1.807) is 18.0 Å². The van der Waals surface area contributed by atoms with E-state index in [0.29, 0.717) is 0 Å². The molecule has 2 rings (SSSR count). The van der Waals surface area contributed by atoms with Crippen molar-refractivity contribution < 1.29 is 0 Å². The maximum Gasteiger partial charge on any atom is 0.208 e. The lowest BCUT2D eigenvalue weighted by molar-refractivity contribution is 0.840. The van der Waals surface area contributed by atoms with Gasteiger partial charge in [0, 0.05) is 18.4 Å². The van der Waals surface area contributed by atoms with Gasteiger partial charge < -0.3 is 0 Å². The van der Waals surface area contributed by atoms with Crippen LogP contribution in [0, 0.1) is 0 Å². The largest absolute Gasteiger partial charge is 0.262 e. The van der Waals surface area contributed by atoms with Gasteiger partial charge in [0.2, 0.25) is 5.16 Å². The van der Waals surface area contributed by atoms with Gasteiger partial charge in [-0.15, -0.1) is 5.10 Å². The lowest BCUT2D eigenvalue weighted by Crippen LogP contribution is -1.86. The average molecular weight is 234 g/mol. The van der Waals surface area contributed by atoms with Crippen LogP contribution in [0.5, 0.6) is 0 Å². The monoisotopic (exact) mass is 234 g/mol. The lowest BCUT2D eigenvalue weighted by atomic mass is 10.3. The number of rotatable bonds is 5. The molecule has 2 heterocycles. The molecule has 1 N–H and O–H groups in total. The zero-order chi connectivity index (χ0) is 11.2. The molecule has 84 valence electrons. The predicted molar refractivity (Wildman–Crippen MR) is 64.2 cm³/mol. The summed E-state index contributed by atoms with van der Waals surface area (Å²) in [7, 11) is 0. The summed E-state index contributed by atoms with van der Waals surface area (Å²) >= 11 is 1.60. The Balaban J connectivity index is 1.89. The van der Waals surface area contributed by atoms with Crippen molar-refractivity contribution >= 4 is 11.8 Å². The number of hydrogen-bond donors (Lipinski definition) is 1. The minimum Gasteiger partial charge on any atom is -0.262 e.